The first-order chi connectivity index (χ1) is 6.66. The summed E-state index contributed by atoms with van der Waals surface area (Å²) < 4.78 is 0. The molecular weight excluding hydrogens is 190 g/mol. The Morgan fingerprint density at radius 2 is 1.60 bits per heavy atom. The van der Waals surface area contributed by atoms with E-state index in [0.717, 1.165) is 0 Å². The number of rotatable bonds is 1. The van der Waals surface area contributed by atoms with Crippen molar-refractivity contribution in [2.75, 3.05) is 6.54 Å². The number of hydrogen-bond donors (Lipinski definition) is 2. The molecule has 0 spiro atoms. The summed E-state index contributed by atoms with van der Waals surface area (Å²) in [5.41, 5.74) is 5.89. The predicted octanol–water partition coefficient (Wildman–Crippen LogP) is 2.69. The lowest BCUT2D eigenvalue weighted by Crippen LogP contribution is -2.10. The van der Waals surface area contributed by atoms with Gasteiger partial charge in [0.25, 0.3) is 0 Å². The van der Waals surface area contributed by atoms with Gasteiger partial charge in [-0.25, -0.2) is 0 Å². The third-order valence-corrected chi connectivity index (χ3v) is 1.12. The van der Waals surface area contributed by atoms with Gasteiger partial charge < -0.3 is 10.8 Å². The lowest BCUT2D eigenvalue weighted by atomic mass is 10.2. The molecule has 88 valence electrons. The Balaban J connectivity index is -0.000000162. The van der Waals surface area contributed by atoms with E-state index in [2.05, 4.69) is 24.8 Å². The number of nitrogens with two attached hydrogens (primary N) is 1. The quantitative estimate of drug-likeness (QED) is 0.754. The van der Waals surface area contributed by atoms with Gasteiger partial charge in [0, 0.05) is 0 Å². The van der Waals surface area contributed by atoms with Gasteiger partial charge in [-0.15, -0.1) is 0 Å². The molecule has 3 nitrogen and oxygen atoms in total. The molecule has 0 fully saturated rings. The van der Waals surface area contributed by atoms with Crippen LogP contribution in [0.5, 0.6) is 0 Å². The van der Waals surface area contributed by atoms with E-state index in [1.807, 2.05) is 32.0 Å². The zero-order valence-corrected chi connectivity index (χ0v) is 9.03. The van der Waals surface area contributed by atoms with Crippen molar-refractivity contribution < 1.29 is 9.90 Å². The standard InChI is InChI=1S/C7H8.C2H5NO2.C2H6.CH4/c1-7-5-3-2-4-6-7;3-1-2(4)5;1-2;/h2-6H,1H3;1,3H2,(H,4,5);1-2H3;1H4. The summed E-state index contributed by atoms with van der Waals surface area (Å²) in [5, 5.41) is 7.60. The van der Waals surface area contributed by atoms with E-state index < -0.39 is 5.97 Å². The van der Waals surface area contributed by atoms with Crippen LogP contribution >= 0.6 is 0 Å². The van der Waals surface area contributed by atoms with Crippen molar-refractivity contribution in [1.82, 2.24) is 0 Å². The Bertz CT molecular complexity index is 222. The van der Waals surface area contributed by atoms with Gasteiger partial charge >= 0.3 is 5.97 Å². The summed E-state index contributed by atoms with van der Waals surface area (Å²) in [6.07, 6.45) is 0. The van der Waals surface area contributed by atoms with Crippen LogP contribution in [0.25, 0.3) is 0 Å². The van der Waals surface area contributed by atoms with Crippen molar-refractivity contribution in [1.29, 1.82) is 0 Å². The molecule has 0 unspecified atom stereocenters. The SMILES string of the molecule is C.CC.Cc1ccccc1.NCC(=O)O. The fourth-order valence-electron chi connectivity index (χ4n) is 0.534. The molecule has 0 radical (unpaired) electrons. The first-order valence-electron chi connectivity index (χ1n) is 4.60. The first-order valence-corrected chi connectivity index (χ1v) is 4.60. The topological polar surface area (TPSA) is 63.3 Å². The van der Waals surface area contributed by atoms with Gasteiger partial charge in [-0.1, -0.05) is 57.2 Å². The lowest BCUT2D eigenvalue weighted by Gasteiger charge is -1.82. The molecule has 0 amide bonds. The van der Waals surface area contributed by atoms with E-state index in [4.69, 9.17) is 5.11 Å². The summed E-state index contributed by atoms with van der Waals surface area (Å²) in [6, 6.07) is 10.3. The van der Waals surface area contributed by atoms with Gasteiger partial charge in [0.2, 0.25) is 0 Å². The number of carboxylic acid groups (broad SMARTS) is 1. The fraction of sp³-hybridized carbons (Fsp3) is 0.417. The number of aliphatic carboxylic acids is 1. The molecule has 0 atom stereocenters. The number of hydrogen-bond acceptors (Lipinski definition) is 2. The van der Waals surface area contributed by atoms with Gasteiger partial charge in [-0.3, -0.25) is 4.79 Å². The van der Waals surface area contributed by atoms with E-state index in [0.29, 0.717) is 0 Å². The summed E-state index contributed by atoms with van der Waals surface area (Å²) in [6.45, 7) is 5.81. The van der Waals surface area contributed by atoms with Crippen molar-refractivity contribution >= 4 is 5.97 Å². The van der Waals surface area contributed by atoms with Crippen LogP contribution in [0.3, 0.4) is 0 Å². The highest BCUT2D eigenvalue weighted by atomic mass is 16.4. The minimum Gasteiger partial charge on any atom is -0.480 e. The van der Waals surface area contributed by atoms with Crippen molar-refractivity contribution in [2.24, 2.45) is 5.73 Å². The second kappa shape index (κ2) is 15.1. The third-order valence-electron chi connectivity index (χ3n) is 1.12. The number of aryl methyl sites for hydroxylation is 1. The molecule has 0 aromatic heterocycles. The zero-order valence-electron chi connectivity index (χ0n) is 9.03. The van der Waals surface area contributed by atoms with Gasteiger partial charge in [0.05, 0.1) is 6.54 Å². The van der Waals surface area contributed by atoms with Crippen LogP contribution in [-0.2, 0) is 4.79 Å². The molecule has 15 heavy (non-hydrogen) atoms. The normalized spacial score (nSPS) is 6.93. The summed E-state index contributed by atoms with van der Waals surface area (Å²) in [4.78, 5) is 9.24. The second-order valence-corrected chi connectivity index (χ2v) is 2.25. The van der Waals surface area contributed by atoms with Crippen LogP contribution in [0.4, 0.5) is 0 Å². The highest BCUT2D eigenvalue weighted by molar-refractivity contribution is 5.68. The van der Waals surface area contributed by atoms with Crippen LogP contribution in [0.1, 0.15) is 26.8 Å². The van der Waals surface area contributed by atoms with Crippen molar-refractivity contribution in [2.45, 2.75) is 28.2 Å². The van der Waals surface area contributed by atoms with Gasteiger partial charge in [-0.2, -0.15) is 0 Å². The number of carboxylic acids is 1. The maximum absolute atomic E-state index is 9.24. The lowest BCUT2D eigenvalue weighted by molar-refractivity contribution is -0.135. The van der Waals surface area contributed by atoms with Gasteiger partial charge in [-0.05, 0) is 6.92 Å². The van der Waals surface area contributed by atoms with Crippen molar-refractivity contribution in [3.05, 3.63) is 35.9 Å². The Morgan fingerprint density at radius 1 is 1.27 bits per heavy atom. The molecule has 1 rings (SSSR count). The van der Waals surface area contributed by atoms with E-state index in [1.165, 1.54) is 5.56 Å². The molecule has 3 N–H and O–H groups in total. The minimum absolute atomic E-state index is 0. The van der Waals surface area contributed by atoms with Crippen molar-refractivity contribution in [3.8, 4) is 0 Å². The highest BCUT2D eigenvalue weighted by Crippen LogP contribution is 1.92. The summed E-state index contributed by atoms with van der Waals surface area (Å²) >= 11 is 0. The molecule has 3 heteroatoms. The average molecular weight is 213 g/mol. The van der Waals surface area contributed by atoms with Gasteiger partial charge in [0.1, 0.15) is 0 Å². The predicted molar refractivity (Wildman–Crippen MR) is 65.9 cm³/mol. The monoisotopic (exact) mass is 213 g/mol. The average Bonchev–Trinajstić information content (AvgIpc) is 2.23. The number of benzene rings is 1. The first kappa shape index (κ1) is 19.3. The molecule has 0 aliphatic carbocycles. The maximum atomic E-state index is 9.24. The Labute approximate surface area is 92.9 Å². The third kappa shape index (κ3) is 19.2. The zero-order chi connectivity index (χ0) is 11.4. The van der Waals surface area contributed by atoms with Crippen LogP contribution in [0.2, 0.25) is 0 Å². The largest absolute Gasteiger partial charge is 0.480 e. The Kier molecular flexibility index (Phi) is 19.4. The maximum Gasteiger partial charge on any atom is 0.317 e. The molecular formula is C12H23NO2. The smallest absolute Gasteiger partial charge is 0.317 e. The van der Waals surface area contributed by atoms with E-state index >= 15 is 0 Å². The van der Waals surface area contributed by atoms with E-state index in [-0.39, 0.29) is 14.0 Å². The van der Waals surface area contributed by atoms with E-state index in [9.17, 15) is 4.79 Å². The van der Waals surface area contributed by atoms with E-state index in [1.54, 1.807) is 0 Å². The van der Waals surface area contributed by atoms with Crippen LogP contribution in [-0.4, -0.2) is 17.6 Å². The highest BCUT2D eigenvalue weighted by Gasteiger charge is 1.81. The fourth-order valence-corrected chi connectivity index (χ4v) is 0.534. The van der Waals surface area contributed by atoms with Crippen LogP contribution in [0.15, 0.2) is 30.3 Å². The molecule has 1 aromatic rings. The Morgan fingerprint density at radius 3 is 1.73 bits per heavy atom. The van der Waals surface area contributed by atoms with Crippen LogP contribution < -0.4 is 5.73 Å². The molecule has 1 aromatic carbocycles. The second-order valence-electron chi connectivity index (χ2n) is 2.25. The Hall–Kier alpha value is -1.35. The molecule has 0 saturated heterocycles. The van der Waals surface area contributed by atoms with Crippen LogP contribution in [0, 0.1) is 6.92 Å². The molecule has 0 saturated carbocycles. The molecule has 0 aliphatic heterocycles. The molecule has 0 heterocycles. The minimum atomic E-state index is -0.968. The molecule has 0 bridgehead atoms. The molecule has 0 aliphatic rings. The number of carbonyl (C=O) groups is 1. The summed E-state index contributed by atoms with van der Waals surface area (Å²) in [7, 11) is 0. The summed E-state index contributed by atoms with van der Waals surface area (Å²) in [5.74, 6) is -0.968. The van der Waals surface area contributed by atoms with Crippen molar-refractivity contribution in [3.63, 3.8) is 0 Å². The van der Waals surface area contributed by atoms with Gasteiger partial charge in [0.15, 0.2) is 0 Å².